The van der Waals surface area contributed by atoms with Crippen molar-refractivity contribution in [3.05, 3.63) is 65.2 Å². The number of ether oxygens (including phenoxy) is 1. The predicted octanol–water partition coefficient (Wildman–Crippen LogP) is 4.35. The molecule has 9 heteroatoms. The number of nitrogens with zero attached hydrogens (tertiary/aromatic N) is 1. The van der Waals surface area contributed by atoms with Crippen molar-refractivity contribution >= 4 is 17.9 Å². The minimum atomic E-state index is -1.34. The van der Waals surface area contributed by atoms with Gasteiger partial charge in [0.2, 0.25) is 11.8 Å². The zero-order chi connectivity index (χ0) is 29.0. The minimum absolute atomic E-state index is 0.0932. The second kappa shape index (κ2) is 15.1. The van der Waals surface area contributed by atoms with E-state index in [1.807, 2.05) is 30.3 Å². The number of phenols is 1. The monoisotopic (exact) mass is 541 g/mol. The highest BCUT2D eigenvalue weighted by molar-refractivity contribution is 5.92. The van der Waals surface area contributed by atoms with Crippen LogP contribution < -0.4 is 10.6 Å². The first-order valence-electron chi connectivity index (χ1n) is 13.5. The van der Waals surface area contributed by atoms with E-state index in [0.29, 0.717) is 12.0 Å². The van der Waals surface area contributed by atoms with Crippen LogP contribution in [0.25, 0.3) is 0 Å². The van der Waals surface area contributed by atoms with E-state index in [2.05, 4.69) is 17.6 Å². The van der Waals surface area contributed by atoms with Crippen molar-refractivity contribution in [3.8, 4) is 5.75 Å². The van der Waals surface area contributed by atoms with E-state index >= 15 is 0 Å². The summed E-state index contributed by atoms with van der Waals surface area (Å²) in [6.07, 6.45) is 2.49. The van der Waals surface area contributed by atoms with Gasteiger partial charge in [0.25, 0.3) is 0 Å². The number of amides is 3. The zero-order valence-corrected chi connectivity index (χ0v) is 23.7. The number of benzene rings is 2. The first kappa shape index (κ1) is 31.6. The molecule has 0 aliphatic heterocycles. The molecular weight excluding hydrogens is 498 g/mol. The summed E-state index contributed by atoms with van der Waals surface area (Å²) in [6, 6.07) is 11.8. The molecule has 0 saturated heterocycles. The van der Waals surface area contributed by atoms with Crippen LogP contribution in [0, 0.1) is 6.92 Å². The zero-order valence-electron chi connectivity index (χ0n) is 23.7. The van der Waals surface area contributed by atoms with Crippen LogP contribution in [0.4, 0.5) is 4.79 Å². The number of aliphatic hydroxyl groups is 1. The summed E-state index contributed by atoms with van der Waals surface area (Å²) >= 11 is 0. The average Bonchev–Trinajstić information content (AvgIpc) is 2.89. The van der Waals surface area contributed by atoms with Gasteiger partial charge in [-0.3, -0.25) is 9.59 Å². The van der Waals surface area contributed by atoms with Gasteiger partial charge in [-0.1, -0.05) is 74.7 Å². The van der Waals surface area contributed by atoms with Gasteiger partial charge in [0.15, 0.2) is 0 Å². The number of aryl methyl sites for hydroxylation is 1. The Balaban J connectivity index is 2.46. The number of aromatic hydroxyl groups is 1. The number of nitrogens with one attached hydrogen (secondary N) is 2. The molecule has 214 valence electrons. The van der Waals surface area contributed by atoms with Crippen LogP contribution >= 0.6 is 0 Å². The molecule has 2 unspecified atom stereocenters. The Morgan fingerprint density at radius 2 is 1.69 bits per heavy atom. The molecule has 2 rings (SSSR count). The normalized spacial score (nSPS) is 12.8. The first-order valence-corrected chi connectivity index (χ1v) is 13.5. The smallest absolute Gasteiger partial charge is 0.408 e. The maximum Gasteiger partial charge on any atom is 0.408 e. The Bertz CT molecular complexity index is 1080. The number of alkyl carbamates (subject to hydrolysis) is 1. The van der Waals surface area contributed by atoms with E-state index in [1.165, 1.54) is 4.90 Å². The number of carbonyl (C=O) groups is 3. The van der Waals surface area contributed by atoms with Crippen LogP contribution in [0.1, 0.15) is 76.1 Å². The van der Waals surface area contributed by atoms with Gasteiger partial charge in [0.05, 0.1) is 6.61 Å². The van der Waals surface area contributed by atoms with Crippen molar-refractivity contribution in [2.45, 2.75) is 84.5 Å². The van der Waals surface area contributed by atoms with Crippen molar-refractivity contribution in [1.82, 2.24) is 15.5 Å². The van der Waals surface area contributed by atoms with E-state index in [-0.39, 0.29) is 24.4 Å². The van der Waals surface area contributed by atoms with Crippen LogP contribution in [0.2, 0.25) is 0 Å². The Hall–Kier alpha value is -3.59. The van der Waals surface area contributed by atoms with Crippen LogP contribution in [0.5, 0.6) is 5.75 Å². The van der Waals surface area contributed by atoms with Gasteiger partial charge in [0, 0.05) is 18.7 Å². The second-order valence-electron chi connectivity index (χ2n) is 10.6. The SMILES string of the molecule is CCCCCCN(C(=O)C(CO)NC(=O)OC(C)(C)C)C(C(=O)NCc1ccccc1)c1cccc(C)c1O. The molecule has 3 amide bonds. The lowest BCUT2D eigenvalue weighted by Gasteiger charge is -2.34. The highest BCUT2D eigenvalue weighted by Crippen LogP contribution is 2.32. The number of carbonyl (C=O) groups excluding carboxylic acids is 3. The highest BCUT2D eigenvalue weighted by Gasteiger charge is 2.37. The molecule has 9 nitrogen and oxygen atoms in total. The average molecular weight is 542 g/mol. The topological polar surface area (TPSA) is 128 Å². The molecule has 2 atom stereocenters. The Morgan fingerprint density at radius 3 is 2.31 bits per heavy atom. The van der Waals surface area contributed by atoms with Crippen molar-refractivity contribution in [2.75, 3.05) is 13.2 Å². The van der Waals surface area contributed by atoms with E-state index in [1.54, 1.807) is 45.9 Å². The van der Waals surface area contributed by atoms with Gasteiger partial charge in [-0.05, 0) is 45.2 Å². The Morgan fingerprint density at radius 1 is 1.00 bits per heavy atom. The fourth-order valence-corrected chi connectivity index (χ4v) is 4.15. The molecule has 0 fully saturated rings. The van der Waals surface area contributed by atoms with E-state index in [4.69, 9.17) is 4.74 Å². The van der Waals surface area contributed by atoms with Gasteiger partial charge in [-0.2, -0.15) is 0 Å². The second-order valence-corrected chi connectivity index (χ2v) is 10.6. The summed E-state index contributed by atoms with van der Waals surface area (Å²) in [5.41, 5.74) is 0.884. The van der Waals surface area contributed by atoms with Gasteiger partial charge in [-0.25, -0.2) is 4.79 Å². The third-order valence-corrected chi connectivity index (χ3v) is 6.14. The highest BCUT2D eigenvalue weighted by atomic mass is 16.6. The molecule has 39 heavy (non-hydrogen) atoms. The van der Waals surface area contributed by atoms with Crippen LogP contribution in [0.15, 0.2) is 48.5 Å². The van der Waals surface area contributed by atoms with E-state index in [0.717, 1.165) is 24.8 Å². The van der Waals surface area contributed by atoms with Crippen molar-refractivity contribution in [1.29, 1.82) is 0 Å². The Kier molecular flexibility index (Phi) is 12.3. The summed E-state index contributed by atoms with van der Waals surface area (Å²) in [4.78, 5) is 41.4. The molecule has 0 aliphatic rings. The van der Waals surface area contributed by atoms with Crippen LogP contribution in [-0.4, -0.2) is 57.8 Å². The number of hydrogen-bond donors (Lipinski definition) is 4. The van der Waals surface area contributed by atoms with Gasteiger partial charge < -0.3 is 30.5 Å². The van der Waals surface area contributed by atoms with Gasteiger partial charge in [0.1, 0.15) is 23.4 Å². The van der Waals surface area contributed by atoms with E-state index in [9.17, 15) is 24.6 Å². The van der Waals surface area contributed by atoms with Crippen molar-refractivity contribution in [3.63, 3.8) is 0 Å². The number of unbranched alkanes of at least 4 members (excludes halogenated alkanes) is 3. The summed E-state index contributed by atoms with van der Waals surface area (Å²) in [5, 5.41) is 26.4. The third kappa shape index (κ3) is 9.90. The molecule has 2 aromatic rings. The number of aliphatic hydroxyl groups excluding tert-OH is 1. The lowest BCUT2D eigenvalue weighted by atomic mass is 9.98. The predicted molar refractivity (Wildman–Crippen MR) is 150 cm³/mol. The maximum atomic E-state index is 13.9. The summed E-state index contributed by atoms with van der Waals surface area (Å²) in [7, 11) is 0. The molecular formula is C30H43N3O6. The molecule has 0 saturated carbocycles. The summed E-state index contributed by atoms with van der Waals surface area (Å²) in [5.74, 6) is -1.23. The Labute approximate surface area is 231 Å². The van der Waals surface area contributed by atoms with Crippen LogP contribution in [-0.2, 0) is 20.9 Å². The quantitative estimate of drug-likeness (QED) is 0.279. The maximum absolute atomic E-state index is 13.9. The molecule has 4 N–H and O–H groups in total. The fraction of sp³-hybridized carbons (Fsp3) is 0.500. The van der Waals surface area contributed by atoms with Crippen molar-refractivity contribution < 1.29 is 29.3 Å². The fourth-order valence-electron chi connectivity index (χ4n) is 4.15. The summed E-state index contributed by atoms with van der Waals surface area (Å²) in [6.45, 7) is 8.57. The minimum Gasteiger partial charge on any atom is -0.507 e. The molecule has 0 aliphatic carbocycles. The number of para-hydroxylation sites is 1. The first-order chi connectivity index (χ1) is 18.5. The largest absolute Gasteiger partial charge is 0.507 e. The van der Waals surface area contributed by atoms with Gasteiger partial charge in [-0.15, -0.1) is 0 Å². The third-order valence-electron chi connectivity index (χ3n) is 6.14. The molecule has 0 bridgehead atoms. The number of rotatable bonds is 13. The standard InChI is InChI=1S/C30H43N3O6/c1-6-7-8-12-18-33(28(37)24(20-34)32-29(38)39-30(3,4)5)25(23-17-13-14-21(2)26(23)35)27(36)31-19-22-15-10-9-11-16-22/h9-11,13-17,24-25,34-35H,6-8,12,18-20H2,1-5H3,(H,31,36)(H,32,38). The molecule has 0 spiro atoms. The van der Waals surface area contributed by atoms with Crippen LogP contribution in [0.3, 0.4) is 0 Å². The molecule has 0 aromatic heterocycles. The number of phenolic OH excluding ortho intramolecular Hbond substituents is 1. The lowest BCUT2D eigenvalue weighted by Crippen LogP contribution is -2.54. The lowest BCUT2D eigenvalue weighted by molar-refractivity contribution is -0.143. The van der Waals surface area contributed by atoms with Crippen molar-refractivity contribution in [2.24, 2.45) is 0 Å². The van der Waals surface area contributed by atoms with E-state index < -0.39 is 42.2 Å². The van der Waals surface area contributed by atoms with Gasteiger partial charge >= 0.3 is 6.09 Å². The molecule has 0 heterocycles. The summed E-state index contributed by atoms with van der Waals surface area (Å²) < 4.78 is 5.28. The molecule has 2 aromatic carbocycles. The molecule has 0 radical (unpaired) electrons. The number of hydrogen-bond acceptors (Lipinski definition) is 6.